The summed E-state index contributed by atoms with van der Waals surface area (Å²) in [5.74, 6) is 0.268. The summed E-state index contributed by atoms with van der Waals surface area (Å²) in [6.07, 6.45) is 4.57. The number of piperidine rings is 1. The monoisotopic (exact) mass is 637 g/mol. The molecule has 4 heterocycles. The van der Waals surface area contributed by atoms with E-state index in [0.717, 1.165) is 13.1 Å². The van der Waals surface area contributed by atoms with Crippen molar-refractivity contribution in [1.29, 1.82) is 5.26 Å². The van der Waals surface area contributed by atoms with Crippen molar-refractivity contribution in [3.05, 3.63) is 72.3 Å². The van der Waals surface area contributed by atoms with Gasteiger partial charge >= 0.3 is 0 Å². The second kappa shape index (κ2) is 13.1. The fourth-order valence-corrected chi connectivity index (χ4v) is 6.73. The summed E-state index contributed by atoms with van der Waals surface area (Å²) < 4.78 is 23.2. The molecule has 2 fully saturated rings. The van der Waals surface area contributed by atoms with Gasteiger partial charge in [-0.25, -0.2) is 19.0 Å². The normalized spacial score (nSPS) is 21.1. The number of ether oxygens (including phenoxy) is 1. The first-order valence-electron chi connectivity index (χ1n) is 16.0. The zero-order chi connectivity index (χ0) is 33.3. The van der Waals surface area contributed by atoms with Crippen molar-refractivity contribution in [3.8, 4) is 28.8 Å². The van der Waals surface area contributed by atoms with Gasteiger partial charge < -0.3 is 20.7 Å². The lowest BCUT2D eigenvalue weighted by molar-refractivity contribution is -0.128. The van der Waals surface area contributed by atoms with E-state index in [1.807, 2.05) is 32.0 Å². The second-order valence-electron chi connectivity index (χ2n) is 13.0. The summed E-state index contributed by atoms with van der Waals surface area (Å²) >= 11 is 0. The first-order chi connectivity index (χ1) is 22.6. The molecule has 2 aliphatic rings. The van der Waals surface area contributed by atoms with Crippen molar-refractivity contribution >= 4 is 22.8 Å². The molecule has 244 valence electrons. The van der Waals surface area contributed by atoms with E-state index < -0.39 is 11.4 Å². The Morgan fingerprint density at radius 3 is 2.68 bits per heavy atom. The van der Waals surface area contributed by atoms with Crippen LogP contribution in [0, 0.1) is 17.1 Å². The fourth-order valence-electron chi connectivity index (χ4n) is 6.73. The van der Waals surface area contributed by atoms with Crippen LogP contribution in [0.2, 0.25) is 0 Å². The Balaban J connectivity index is 1.28. The van der Waals surface area contributed by atoms with Gasteiger partial charge in [-0.3, -0.25) is 9.69 Å². The standard InChI is InChI=1S/C35H40FN9O2/c1-22-19-44(23(2)18-39-22)35(3,4)16-24(17-37)34(46)43-14-8-9-25(20-43)45-33-30(32(38)40-21-41-33)31(42-45)28-13-12-27(15-29(28)36)47-26-10-6-5-7-11-26/h5-7,10-13,15-16,21-23,25,39H,8-9,14,18-20H2,1-4H3,(H2,38,40,41)/t22-,23+,25+/m1/s1. The smallest absolute Gasteiger partial charge is 0.264 e. The summed E-state index contributed by atoms with van der Waals surface area (Å²) in [5.41, 5.74) is 6.93. The number of fused-ring (bicyclic) bond motifs is 1. The number of benzene rings is 2. The first kappa shape index (κ1) is 32.1. The van der Waals surface area contributed by atoms with Crippen LogP contribution in [0.15, 0.2) is 66.5 Å². The van der Waals surface area contributed by atoms with Crippen LogP contribution in [0.25, 0.3) is 22.3 Å². The maximum atomic E-state index is 15.7. The van der Waals surface area contributed by atoms with Crippen LogP contribution in [0.1, 0.15) is 46.6 Å². The zero-order valence-corrected chi connectivity index (χ0v) is 27.2. The number of aromatic nitrogens is 4. The highest BCUT2D eigenvalue weighted by Crippen LogP contribution is 2.36. The number of hydrogen-bond donors (Lipinski definition) is 2. The van der Waals surface area contributed by atoms with Crippen LogP contribution in [0.5, 0.6) is 11.5 Å². The minimum absolute atomic E-state index is 0.117. The van der Waals surface area contributed by atoms with E-state index in [1.54, 1.807) is 39.9 Å². The Kier molecular flexibility index (Phi) is 8.94. The molecule has 0 aliphatic carbocycles. The molecule has 0 radical (unpaired) electrons. The molecule has 0 saturated carbocycles. The summed E-state index contributed by atoms with van der Waals surface area (Å²) in [6, 6.07) is 16.2. The average molecular weight is 638 g/mol. The maximum Gasteiger partial charge on any atom is 0.264 e. The molecule has 0 spiro atoms. The highest BCUT2D eigenvalue weighted by Gasteiger charge is 2.36. The number of carbonyl (C=O) groups excluding carboxylic acids is 1. The first-order valence-corrected chi connectivity index (χ1v) is 16.0. The van der Waals surface area contributed by atoms with Crippen LogP contribution in [-0.2, 0) is 4.79 Å². The molecule has 4 aromatic rings. The van der Waals surface area contributed by atoms with Gasteiger partial charge in [0.1, 0.15) is 46.8 Å². The molecule has 2 aromatic carbocycles. The quantitative estimate of drug-likeness (QED) is 0.210. The number of halogens is 1. The number of anilines is 1. The molecule has 2 aliphatic heterocycles. The molecule has 11 nitrogen and oxygen atoms in total. The summed E-state index contributed by atoms with van der Waals surface area (Å²) in [6.45, 7) is 10.9. The van der Waals surface area contributed by atoms with Crippen molar-refractivity contribution < 1.29 is 13.9 Å². The third kappa shape index (κ3) is 6.54. The number of amides is 1. The van der Waals surface area contributed by atoms with Gasteiger partial charge in [-0.15, -0.1) is 0 Å². The number of nitrogens with one attached hydrogen (secondary N) is 1. The van der Waals surface area contributed by atoms with Gasteiger partial charge in [0.15, 0.2) is 5.65 Å². The topological polar surface area (TPSA) is 138 Å². The van der Waals surface area contributed by atoms with Gasteiger partial charge in [0.2, 0.25) is 0 Å². The molecule has 2 aromatic heterocycles. The van der Waals surface area contributed by atoms with Crippen molar-refractivity contribution in [2.24, 2.45) is 0 Å². The molecule has 3 atom stereocenters. The Morgan fingerprint density at radius 2 is 1.94 bits per heavy atom. The van der Waals surface area contributed by atoms with Gasteiger partial charge in [-0.1, -0.05) is 18.2 Å². The highest BCUT2D eigenvalue weighted by atomic mass is 19.1. The summed E-state index contributed by atoms with van der Waals surface area (Å²) in [7, 11) is 0. The Labute approximate surface area is 273 Å². The largest absolute Gasteiger partial charge is 0.457 e. The van der Waals surface area contributed by atoms with Crippen LogP contribution in [0.4, 0.5) is 10.2 Å². The lowest BCUT2D eigenvalue weighted by Gasteiger charge is -2.46. The van der Waals surface area contributed by atoms with E-state index in [1.165, 1.54) is 12.4 Å². The van der Waals surface area contributed by atoms with Crippen molar-refractivity contribution in [2.75, 3.05) is 31.9 Å². The minimum atomic E-state index is -0.534. The van der Waals surface area contributed by atoms with E-state index in [0.29, 0.717) is 60.2 Å². The van der Waals surface area contributed by atoms with E-state index >= 15 is 4.39 Å². The number of piperazine rings is 1. The molecule has 1 amide bonds. The lowest BCUT2D eigenvalue weighted by Crippen LogP contribution is -2.60. The predicted octanol–water partition coefficient (Wildman–Crippen LogP) is 5.08. The van der Waals surface area contributed by atoms with Gasteiger partial charge in [0, 0.05) is 55.4 Å². The molecule has 0 bridgehead atoms. The van der Waals surface area contributed by atoms with Crippen LogP contribution in [0.3, 0.4) is 0 Å². The third-order valence-corrected chi connectivity index (χ3v) is 9.08. The zero-order valence-electron chi connectivity index (χ0n) is 27.2. The Morgan fingerprint density at radius 1 is 1.15 bits per heavy atom. The number of hydrogen-bond acceptors (Lipinski definition) is 9. The number of nitrogens with zero attached hydrogens (tertiary/aromatic N) is 7. The highest BCUT2D eigenvalue weighted by molar-refractivity contribution is 5.99. The molecular weight excluding hydrogens is 597 g/mol. The minimum Gasteiger partial charge on any atom is -0.457 e. The molecular formula is C35H40FN9O2. The maximum absolute atomic E-state index is 15.7. The van der Waals surface area contributed by atoms with Gasteiger partial charge in [-0.05, 0) is 70.9 Å². The van der Waals surface area contributed by atoms with E-state index in [-0.39, 0.29) is 34.9 Å². The number of likely N-dealkylation sites (tertiary alicyclic amines) is 1. The van der Waals surface area contributed by atoms with Gasteiger partial charge in [-0.2, -0.15) is 10.4 Å². The molecule has 0 unspecified atom stereocenters. The van der Waals surface area contributed by atoms with Gasteiger partial charge in [0.05, 0.1) is 11.4 Å². The molecule has 6 rings (SSSR count). The molecule has 12 heteroatoms. The average Bonchev–Trinajstić information content (AvgIpc) is 3.45. The van der Waals surface area contributed by atoms with E-state index in [2.05, 4.69) is 40.1 Å². The van der Waals surface area contributed by atoms with Gasteiger partial charge in [0.25, 0.3) is 5.91 Å². The predicted molar refractivity (Wildman–Crippen MR) is 178 cm³/mol. The number of rotatable bonds is 7. The van der Waals surface area contributed by atoms with E-state index in [9.17, 15) is 10.1 Å². The summed E-state index contributed by atoms with van der Waals surface area (Å²) in [4.78, 5) is 26.5. The summed E-state index contributed by atoms with van der Waals surface area (Å²) in [5, 5.41) is 18.9. The Hall–Kier alpha value is -4.86. The molecule has 47 heavy (non-hydrogen) atoms. The van der Waals surface area contributed by atoms with E-state index in [4.69, 9.17) is 15.6 Å². The fraction of sp³-hybridized carbons (Fsp3) is 0.400. The van der Waals surface area contributed by atoms with Crippen LogP contribution < -0.4 is 15.8 Å². The lowest BCUT2D eigenvalue weighted by atomic mass is 9.94. The number of nitriles is 1. The van der Waals surface area contributed by atoms with Crippen molar-refractivity contribution in [3.63, 3.8) is 0 Å². The number of carbonyl (C=O) groups is 1. The third-order valence-electron chi connectivity index (χ3n) is 9.08. The molecule has 3 N–H and O–H groups in total. The van der Waals surface area contributed by atoms with Crippen LogP contribution in [-0.4, -0.2) is 79.3 Å². The second-order valence-corrected chi connectivity index (χ2v) is 13.0. The van der Waals surface area contributed by atoms with Crippen LogP contribution >= 0.6 is 0 Å². The van der Waals surface area contributed by atoms with Crippen molar-refractivity contribution in [1.82, 2.24) is 34.9 Å². The Bertz CT molecular complexity index is 1850. The number of para-hydroxylation sites is 1. The van der Waals surface area contributed by atoms with Crippen molar-refractivity contribution in [2.45, 2.75) is 64.2 Å². The SMILES string of the molecule is C[C@@H]1CN(C(C)(C)C=C(C#N)C(=O)N2CCC[C@H](n3nc(-c4ccc(Oc5ccccc5)cc4F)c4c(N)ncnc43)C2)[C@@H](C)CN1. The number of nitrogens with two attached hydrogens (primary N) is 1. The number of nitrogen functional groups attached to an aromatic ring is 1. The molecule has 2 saturated heterocycles.